The summed E-state index contributed by atoms with van der Waals surface area (Å²) in [6, 6.07) is 6.57. The SMILES string of the molecule is CCNC(=NCc1ccc([N+](=O)[O-])cc1)N1CCC(OCC2CCCCO2)CC1. The molecule has 0 saturated carbocycles. The Balaban J connectivity index is 1.47. The predicted molar refractivity (Wildman–Crippen MR) is 112 cm³/mol. The highest BCUT2D eigenvalue weighted by atomic mass is 16.6. The first-order valence-electron chi connectivity index (χ1n) is 10.7. The van der Waals surface area contributed by atoms with Crippen molar-refractivity contribution in [2.24, 2.45) is 4.99 Å². The van der Waals surface area contributed by atoms with E-state index in [1.54, 1.807) is 12.1 Å². The molecule has 0 amide bonds. The smallest absolute Gasteiger partial charge is 0.269 e. The Morgan fingerprint density at radius 3 is 2.66 bits per heavy atom. The van der Waals surface area contributed by atoms with Gasteiger partial charge in [-0.15, -0.1) is 0 Å². The predicted octanol–water partition coefficient (Wildman–Crippen LogP) is 3.11. The van der Waals surface area contributed by atoms with Crippen molar-refractivity contribution < 1.29 is 14.4 Å². The highest BCUT2D eigenvalue weighted by molar-refractivity contribution is 5.80. The molecular formula is C21H32N4O4. The van der Waals surface area contributed by atoms with Gasteiger partial charge in [-0.2, -0.15) is 0 Å². The number of hydrogen-bond donors (Lipinski definition) is 1. The number of aliphatic imine (C=N–C) groups is 1. The number of nitro benzene ring substituents is 1. The average Bonchev–Trinajstić information content (AvgIpc) is 2.76. The Bertz CT molecular complexity index is 666. The largest absolute Gasteiger partial charge is 0.376 e. The summed E-state index contributed by atoms with van der Waals surface area (Å²) < 4.78 is 11.9. The fourth-order valence-corrected chi connectivity index (χ4v) is 3.73. The second-order valence-corrected chi connectivity index (χ2v) is 7.60. The minimum atomic E-state index is -0.385. The van der Waals surface area contributed by atoms with Crippen molar-refractivity contribution >= 4 is 11.6 Å². The molecule has 1 unspecified atom stereocenters. The maximum atomic E-state index is 10.8. The van der Waals surface area contributed by atoms with Gasteiger partial charge in [0.05, 0.1) is 30.3 Å². The summed E-state index contributed by atoms with van der Waals surface area (Å²) >= 11 is 0. The van der Waals surface area contributed by atoms with Crippen LogP contribution in [0.5, 0.6) is 0 Å². The molecule has 0 spiro atoms. The first-order chi connectivity index (χ1) is 14.2. The van der Waals surface area contributed by atoms with Gasteiger partial charge in [0.15, 0.2) is 5.96 Å². The average molecular weight is 405 g/mol. The number of guanidine groups is 1. The molecule has 0 aliphatic carbocycles. The summed E-state index contributed by atoms with van der Waals surface area (Å²) in [7, 11) is 0. The number of non-ortho nitro benzene ring substituents is 1. The maximum absolute atomic E-state index is 10.8. The van der Waals surface area contributed by atoms with Crippen LogP contribution >= 0.6 is 0 Å². The van der Waals surface area contributed by atoms with E-state index in [0.29, 0.717) is 13.2 Å². The van der Waals surface area contributed by atoms with Gasteiger partial charge in [-0.1, -0.05) is 12.1 Å². The first-order valence-corrected chi connectivity index (χ1v) is 10.7. The van der Waals surface area contributed by atoms with Crippen molar-refractivity contribution in [1.29, 1.82) is 0 Å². The zero-order chi connectivity index (χ0) is 20.5. The van der Waals surface area contributed by atoms with E-state index in [0.717, 1.165) is 57.0 Å². The Labute approximate surface area is 172 Å². The molecule has 2 heterocycles. The van der Waals surface area contributed by atoms with E-state index >= 15 is 0 Å². The number of nitro groups is 1. The highest BCUT2D eigenvalue weighted by Gasteiger charge is 2.23. The molecule has 3 rings (SSSR count). The van der Waals surface area contributed by atoms with Crippen LogP contribution in [-0.2, 0) is 16.0 Å². The van der Waals surface area contributed by atoms with Crippen LogP contribution in [0.2, 0.25) is 0 Å². The lowest BCUT2D eigenvalue weighted by molar-refractivity contribution is -0.384. The first kappa shape index (κ1) is 21.5. The standard InChI is InChI=1S/C21H32N4O4/c1-2-22-21(23-15-17-6-8-18(9-7-17)25(26)27)24-12-10-19(11-13-24)29-16-20-5-3-4-14-28-20/h6-9,19-20H,2-5,10-16H2,1H3,(H,22,23). The van der Waals surface area contributed by atoms with Gasteiger partial charge in [0.25, 0.3) is 5.69 Å². The summed E-state index contributed by atoms with van der Waals surface area (Å²) in [4.78, 5) is 17.4. The zero-order valence-corrected chi connectivity index (χ0v) is 17.2. The van der Waals surface area contributed by atoms with Crippen LogP contribution in [0.25, 0.3) is 0 Å². The van der Waals surface area contributed by atoms with Gasteiger partial charge in [0.2, 0.25) is 0 Å². The molecule has 0 bridgehead atoms. The summed E-state index contributed by atoms with van der Waals surface area (Å²) in [5.41, 5.74) is 1.06. The molecule has 1 aromatic carbocycles. The summed E-state index contributed by atoms with van der Waals surface area (Å²) in [5, 5.41) is 14.1. The van der Waals surface area contributed by atoms with Gasteiger partial charge in [0.1, 0.15) is 0 Å². The van der Waals surface area contributed by atoms with Crippen molar-refractivity contribution in [2.75, 3.05) is 32.8 Å². The van der Waals surface area contributed by atoms with Crippen molar-refractivity contribution in [3.8, 4) is 0 Å². The number of nitrogens with one attached hydrogen (secondary N) is 1. The molecule has 1 aromatic rings. The van der Waals surface area contributed by atoms with Crippen molar-refractivity contribution in [2.45, 2.75) is 57.8 Å². The van der Waals surface area contributed by atoms with Gasteiger partial charge in [0, 0.05) is 38.4 Å². The van der Waals surface area contributed by atoms with Crippen molar-refractivity contribution in [3.63, 3.8) is 0 Å². The molecule has 0 radical (unpaired) electrons. The lowest BCUT2D eigenvalue weighted by atomic mass is 10.1. The van der Waals surface area contributed by atoms with Gasteiger partial charge in [-0.05, 0) is 44.6 Å². The number of rotatable bonds is 7. The number of piperidine rings is 1. The monoisotopic (exact) mass is 404 g/mol. The van der Waals surface area contributed by atoms with Gasteiger partial charge < -0.3 is 19.7 Å². The van der Waals surface area contributed by atoms with E-state index in [2.05, 4.69) is 17.1 Å². The van der Waals surface area contributed by atoms with Crippen LogP contribution in [0.1, 0.15) is 44.6 Å². The molecule has 2 fully saturated rings. The van der Waals surface area contributed by atoms with Crippen LogP contribution in [0.4, 0.5) is 5.69 Å². The number of hydrogen-bond acceptors (Lipinski definition) is 5. The minimum Gasteiger partial charge on any atom is -0.376 e. The molecule has 29 heavy (non-hydrogen) atoms. The van der Waals surface area contributed by atoms with E-state index < -0.39 is 0 Å². The lowest BCUT2D eigenvalue weighted by Gasteiger charge is -2.35. The van der Waals surface area contributed by atoms with Crippen molar-refractivity contribution in [3.05, 3.63) is 39.9 Å². The Hall–Kier alpha value is -2.19. The third-order valence-electron chi connectivity index (χ3n) is 5.43. The molecule has 160 valence electrons. The van der Waals surface area contributed by atoms with E-state index in [-0.39, 0.29) is 22.8 Å². The Morgan fingerprint density at radius 1 is 1.28 bits per heavy atom. The zero-order valence-electron chi connectivity index (χ0n) is 17.2. The molecule has 1 N–H and O–H groups in total. The molecular weight excluding hydrogens is 372 g/mol. The third-order valence-corrected chi connectivity index (χ3v) is 5.43. The van der Waals surface area contributed by atoms with E-state index in [4.69, 9.17) is 14.5 Å². The van der Waals surface area contributed by atoms with Gasteiger partial charge >= 0.3 is 0 Å². The molecule has 2 aliphatic rings. The minimum absolute atomic E-state index is 0.102. The fraction of sp³-hybridized carbons (Fsp3) is 0.667. The Morgan fingerprint density at radius 2 is 2.03 bits per heavy atom. The topological polar surface area (TPSA) is 89.2 Å². The van der Waals surface area contributed by atoms with E-state index in [9.17, 15) is 10.1 Å². The van der Waals surface area contributed by atoms with Crippen LogP contribution in [0.15, 0.2) is 29.3 Å². The molecule has 2 saturated heterocycles. The second-order valence-electron chi connectivity index (χ2n) is 7.60. The summed E-state index contributed by atoms with van der Waals surface area (Å²) in [6.45, 7) is 6.74. The van der Waals surface area contributed by atoms with Crippen LogP contribution in [-0.4, -0.2) is 60.8 Å². The third kappa shape index (κ3) is 6.68. The molecule has 8 heteroatoms. The fourth-order valence-electron chi connectivity index (χ4n) is 3.73. The normalized spacial score (nSPS) is 21.2. The molecule has 1 atom stereocenters. The van der Waals surface area contributed by atoms with Crippen LogP contribution in [0.3, 0.4) is 0 Å². The van der Waals surface area contributed by atoms with Gasteiger partial charge in [-0.25, -0.2) is 4.99 Å². The number of ether oxygens (including phenoxy) is 2. The quantitative estimate of drug-likeness (QED) is 0.325. The maximum Gasteiger partial charge on any atom is 0.269 e. The van der Waals surface area contributed by atoms with Crippen LogP contribution in [0, 0.1) is 10.1 Å². The number of likely N-dealkylation sites (tertiary alicyclic amines) is 1. The second kappa shape index (κ2) is 11.1. The molecule has 0 aromatic heterocycles. The van der Waals surface area contributed by atoms with Crippen LogP contribution < -0.4 is 5.32 Å². The molecule has 8 nitrogen and oxygen atoms in total. The van der Waals surface area contributed by atoms with Crippen molar-refractivity contribution in [1.82, 2.24) is 10.2 Å². The summed E-state index contributed by atoms with van der Waals surface area (Å²) in [6.07, 6.45) is 6.03. The van der Waals surface area contributed by atoms with E-state index in [1.165, 1.54) is 25.0 Å². The number of nitrogens with zero attached hydrogens (tertiary/aromatic N) is 3. The van der Waals surface area contributed by atoms with Gasteiger partial charge in [-0.3, -0.25) is 10.1 Å². The summed E-state index contributed by atoms with van der Waals surface area (Å²) in [5.74, 6) is 0.889. The Kier molecular flexibility index (Phi) is 8.25. The lowest BCUT2D eigenvalue weighted by Crippen LogP contribution is -2.47. The number of benzene rings is 1. The highest BCUT2D eigenvalue weighted by Crippen LogP contribution is 2.18. The van der Waals surface area contributed by atoms with E-state index in [1.807, 2.05) is 0 Å². The molecule has 2 aliphatic heterocycles.